The molecule has 0 heterocycles. The molecule has 0 spiro atoms. The summed E-state index contributed by atoms with van der Waals surface area (Å²) in [5, 5.41) is 0. The fourth-order valence-electron chi connectivity index (χ4n) is 2.00. The summed E-state index contributed by atoms with van der Waals surface area (Å²) in [6.07, 6.45) is 0. The molecule has 0 saturated heterocycles. The molecule has 0 fully saturated rings. The van der Waals surface area contributed by atoms with Gasteiger partial charge in [-0.3, -0.25) is 20.4 Å². The molecular weight excluding hydrogens is 312 g/mol. The van der Waals surface area contributed by atoms with Crippen LogP contribution in [0, 0.1) is 0 Å². The lowest BCUT2D eigenvalue weighted by atomic mass is 10.0. The van der Waals surface area contributed by atoms with Crippen molar-refractivity contribution < 1.29 is 19.1 Å². The van der Waals surface area contributed by atoms with Gasteiger partial charge in [-0.1, -0.05) is 36.4 Å². The van der Waals surface area contributed by atoms with E-state index in [0.717, 1.165) is 0 Å². The highest BCUT2D eigenvalue weighted by molar-refractivity contribution is 5.80. The third-order valence-corrected chi connectivity index (χ3v) is 3.10. The number of nitrogens with one attached hydrogen (secondary N) is 2. The lowest BCUT2D eigenvalue weighted by molar-refractivity contribution is -0.123. The molecule has 0 aromatic heterocycles. The molecule has 0 aliphatic carbocycles. The molecule has 8 heteroatoms. The van der Waals surface area contributed by atoms with Crippen LogP contribution >= 0.6 is 0 Å². The second-order valence-corrected chi connectivity index (χ2v) is 4.70. The van der Waals surface area contributed by atoms with Gasteiger partial charge in [0.2, 0.25) is 0 Å². The first-order chi connectivity index (χ1) is 11.7. The summed E-state index contributed by atoms with van der Waals surface area (Å²) in [7, 11) is 0. The summed E-state index contributed by atoms with van der Waals surface area (Å²) in [4.78, 5) is 22.5. The average molecular weight is 330 g/mol. The Kier molecular flexibility index (Phi) is 6.12. The topological polar surface area (TPSA) is 129 Å². The van der Waals surface area contributed by atoms with E-state index in [-0.39, 0.29) is 13.2 Å². The Morgan fingerprint density at radius 1 is 0.750 bits per heavy atom. The molecule has 8 nitrogen and oxygen atoms in total. The summed E-state index contributed by atoms with van der Waals surface area (Å²) in [6.45, 7) is -0.432. The summed E-state index contributed by atoms with van der Waals surface area (Å²) >= 11 is 0. The van der Waals surface area contributed by atoms with Crippen LogP contribution in [0.3, 0.4) is 0 Å². The van der Waals surface area contributed by atoms with Crippen molar-refractivity contribution in [3.63, 3.8) is 0 Å². The van der Waals surface area contributed by atoms with Crippen LogP contribution in [-0.2, 0) is 9.59 Å². The molecule has 24 heavy (non-hydrogen) atoms. The number of amides is 2. The Labute approximate surface area is 138 Å². The summed E-state index contributed by atoms with van der Waals surface area (Å²) in [5.41, 5.74) is 5.43. The molecule has 0 atom stereocenters. The zero-order valence-corrected chi connectivity index (χ0v) is 12.8. The van der Waals surface area contributed by atoms with Gasteiger partial charge in [0.25, 0.3) is 11.8 Å². The first-order valence-corrected chi connectivity index (χ1v) is 7.08. The molecule has 0 unspecified atom stereocenters. The van der Waals surface area contributed by atoms with E-state index in [2.05, 4.69) is 0 Å². The van der Waals surface area contributed by atoms with Crippen LogP contribution in [0.4, 0.5) is 0 Å². The summed E-state index contributed by atoms with van der Waals surface area (Å²) in [5.74, 6) is 10.2. The number of para-hydroxylation sites is 2. The van der Waals surface area contributed by atoms with Crippen LogP contribution in [0.2, 0.25) is 0 Å². The molecule has 2 aromatic carbocycles. The molecule has 6 N–H and O–H groups in total. The van der Waals surface area contributed by atoms with Crippen molar-refractivity contribution in [2.45, 2.75) is 0 Å². The number of ether oxygens (including phenoxy) is 2. The van der Waals surface area contributed by atoms with Gasteiger partial charge in [-0.2, -0.15) is 0 Å². The van der Waals surface area contributed by atoms with E-state index in [1.165, 1.54) is 0 Å². The standard InChI is InChI=1S/C16H18N4O4/c17-19-15(21)9-23-13-7-3-1-5-11(13)12-6-2-4-8-14(12)24-10-16(22)20-18/h1-8H,9-10,17-18H2,(H,19,21)(H,20,22). The first kappa shape index (κ1) is 17.3. The van der Waals surface area contributed by atoms with E-state index >= 15 is 0 Å². The molecular formula is C16H18N4O4. The maximum atomic E-state index is 11.3. The van der Waals surface area contributed by atoms with Crippen molar-refractivity contribution >= 4 is 11.8 Å². The minimum atomic E-state index is -0.450. The van der Waals surface area contributed by atoms with Gasteiger partial charge in [0.05, 0.1) is 0 Å². The highest BCUT2D eigenvalue weighted by Crippen LogP contribution is 2.36. The highest BCUT2D eigenvalue weighted by Gasteiger charge is 2.13. The number of benzene rings is 2. The van der Waals surface area contributed by atoms with Crippen LogP contribution in [-0.4, -0.2) is 25.0 Å². The summed E-state index contributed by atoms with van der Waals surface area (Å²) in [6, 6.07) is 14.3. The molecule has 0 saturated carbocycles. The molecule has 0 radical (unpaired) electrons. The molecule has 2 rings (SSSR count). The molecule has 0 aliphatic rings. The largest absolute Gasteiger partial charge is 0.483 e. The van der Waals surface area contributed by atoms with E-state index in [1.54, 1.807) is 24.3 Å². The third kappa shape index (κ3) is 4.45. The number of carbonyl (C=O) groups is 2. The molecule has 2 amide bonds. The zero-order chi connectivity index (χ0) is 17.4. The van der Waals surface area contributed by atoms with Crippen molar-refractivity contribution in [3.05, 3.63) is 48.5 Å². The van der Waals surface area contributed by atoms with Crippen molar-refractivity contribution in [3.8, 4) is 22.6 Å². The number of hydrogen-bond acceptors (Lipinski definition) is 6. The fraction of sp³-hybridized carbons (Fsp3) is 0.125. The van der Waals surface area contributed by atoms with Crippen molar-refractivity contribution in [1.29, 1.82) is 0 Å². The van der Waals surface area contributed by atoms with E-state index in [4.69, 9.17) is 21.2 Å². The van der Waals surface area contributed by atoms with Crippen LogP contribution in [0.25, 0.3) is 11.1 Å². The number of rotatable bonds is 7. The maximum Gasteiger partial charge on any atom is 0.271 e. The van der Waals surface area contributed by atoms with Gasteiger partial charge in [0.1, 0.15) is 11.5 Å². The van der Waals surface area contributed by atoms with Gasteiger partial charge in [-0.05, 0) is 12.1 Å². The van der Waals surface area contributed by atoms with Crippen molar-refractivity contribution in [2.24, 2.45) is 11.7 Å². The van der Waals surface area contributed by atoms with Crippen LogP contribution in [0.1, 0.15) is 0 Å². The Morgan fingerprint density at radius 3 is 1.50 bits per heavy atom. The molecule has 126 valence electrons. The Balaban J connectivity index is 2.28. The molecule has 2 aromatic rings. The lowest BCUT2D eigenvalue weighted by Gasteiger charge is -2.14. The van der Waals surface area contributed by atoms with E-state index < -0.39 is 11.8 Å². The maximum absolute atomic E-state index is 11.3. The molecule has 0 bridgehead atoms. The number of hydrazine groups is 2. The SMILES string of the molecule is NNC(=O)COc1ccccc1-c1ccccc1OCC(=O)NN. The van der Waals surface area contributed by atoms with Crippen LogP contribution in [0.5, 0.6) is 11.5 Å². The average Bonchev–Trinajstić information content (AvgIpc) is 2.64. The van der Waals surface area contributed by atoms with E-state index in [1.807, 2.05) is 35.1 Å². The van der Waals surface area contributed by atoms with Crippen LogP contribution < -0.4 is 32.0 Å². The van der Waals surface area contributed by atoms with E-state index in [9.17, 15) is 9.59 Å². The fourth-order valence-corrected chi connectivity index (χ4v) is 2.00. The molecule has 0 aliphatic heterocycles. The second kappa shape index (κ2) is 8.51. The van der Waals surface area contributed by atoms with Crippen molar-refractivity contribution in [2.75, 3.05) is 13.2 Å². The van der Waals surface area contributed by atoms with E-state index in [0.29, 0.717) is 22.6 Å². The Hall–Kier alpha value is -3.10. The van der Waals surface area contributed by atoms with Crippen LogP contribution in [0.15, 0.2) is 48.5 Å². The Morgan fingerprint density at radius 2 is 1.12 bits per heavy atom. The second-order valence-electron chi connectivity index (χ2n) is 4.70. The number of nitrogens with two attached hydrogens (primary N) is 2. The first-order valence-electron chi connectivity index (χ1n) is 7.08. The number of carbonyl (C=O) groups excluding carboxylic acids is 2. The van der Waals surface area contributed by atoms with Gasteiger partial charge in [-0.25, -0.2) is 11.7 Å². The zero-order valence-electron chi connectivity index (χ0n) is 12.8. The predicted molar refractivity (Wildman–Crippen MR) is 87.5 cm³/mol. The number of hydrogen-bond donors (Lipinski definition) is 4. The van der Waals surface area contributed by atoms with Gasteiger partial charge < -0.3 is 9.47 Å². The minimum absolute atomic E-state index is 0.216. The predicted octanol–water partition coefficient (Wildman–Crippen LogP) is 0.0910. The highest BCUT2D eigenvalue weighted by atomic mass is 16.5. The third-order valence-electron chi connectivity index (χ3n) is 3.10. The Bertz CT molecular complexity index is 659. The van der Waals surface area contributed by atoms with Gasteiger partial charge in [-0.15, -0.1) is 0 Å². The van der Waals surface area contributed by atoms with Gasteiger partial charge >= 0.3 is 0 Å². The smallest absolute Gasteiger partial charge is 0.271 e. The minimum Gasteiger partial charge on any atom is -0.483 e. The van der Waals surface area contributed by atoms with Crippen molar-refractivity contribution in [1.82, 2.24) is 10.9 Å². The summed E-state index contributed by atoms with van der Waals surface area (Å²) < 4.78 is 11.0. The van der Waals surface area contributed by atoms with Gasteiger partial charge in [0.15, 0.2) is 13.2 Å². The normalized spacial score (nSPS) is 9.92. The quantitative estimate of drug-likeness (QED) is 0.323. The lowest BCUT2D eigenvalue weighted by Crippen LogP contribution is -2.34. The van der Waals surface area contributed by atoms with Gasteiger partial charge in [0, 0.05) is 11.1 Å². The monoisotopic (exact) mass is 330 g/mol.